The molecule has 1 aliphatic rings. The minimum absolute atomic E-state index is 0.311. The standard InChI is InChI=1S/C12H23NO/c1-2-3-5-8-11(14)12(13)9-6-4-7-10-12/h2-10,13H2,1H3. The quantitative estimate of drug-likeness (QED) is 0.689. The fourth-order valence-corrected chi connectivity index (χ4v) is 2.25. The average molecular weight is 197 g/mol. The van der Waals surface area contributed by atoms with E-state index in [2.05, 4.69) is 6.92 Å². The van der Waals surface area contributed by atoms with Crippen LogP contribution in [0.1, 0.15) is 64.7 Å². The lowest BCUT2D eigenvalue weighted by Crippen LogP contribution is -2.49. The van der Waals surface area contributed by atoms with Gasteiger partial charge in [0.05, 0.1) is 5.54 Å². The van der Waals surface area contributed by atoms with Crippen LogP contribution in [0.2, 0.25) is 0 Å². The maximum Gasteiger partial charge on any atom is 0.152 e. The van der Waals surface area contributed by atoms with Crippen molar-refractivity contribution in [3.05, 3.63) is 0 Å². The summed E-state index contributed by atoms with van der Waals surface area (Å²) >= 11 is 0. The highest BCUT2D eigenvalue weighted by Crippen LogP contribution is 2.28. The summed E-state index contributed by atoms with van der Waals surface area (Å²) < 4.78 is 0. The van der Waals surface area contributed by atoms with Crippen molar-refractivity contribution in [1.82, 2.24) is 0 Å². The van der Waals surface area contributed by atoms with Gasteiger partial charge in [-0.1, -0.05) is 39.0 Å². The molecule has 0 heterocycles. The van der Waals surface area contributed by atoms with Crippen molar-refractivity contribution >= 4 is 5.78 Å². The molecule has 0 aromatic carbocycles. The number of rotatable bonds is 5. The van der Waals surface area contributed by atoms with Crippen LogP contribution < -0.4 is 5.73 Å². The molecule has 0 aliphatic heterocycles. The predicted molar refractivity (Wildman–Crippen MR) is 59.2 cm³/mol. The Hall–Kier alpha value is -0.370. The zero-order chi connectivity index (χ0) is 10.4. The summed E-state index contributed by atoms with van der Waals surface area (Å²) in [6, 6.07) is 0. The van der Waals surface area contributed by atoms with Crippen molar-refractivity contribution in [3.8, 4) is 0 Å². The molecule has 2 N–H and O–H groups in total. The lowest BCUT2D eigenvalue weighted by molar-refractivity contribution is -0.125. The Kier molecular flexibility index (Phi) is 4.59. The highest BCUT2D eigenvalue weighted by Gasteiger charge is 2.33. The van der Waals surface area contributed by atoms with Crippen LogP contribution in [0.4, 0.5) is 0 Å². The molecule has 0 saturated heterocycles. The molecule has 82 valence electrons. The van der Waals surface area contributed by atoms with E-state index in [0.29, 0.717) is 12.2 Å². The van der Waals surface area contributed by atoms with Crippen molar-refractivity contribution in [2.45, 2.75) is 70.3 Å². The van der Waals surface area contributed by atoms with Crippen molar-refractivity contribution in [2.24, 2.45) is 5.73 Å². The maximum atomic E-state index is 11.9. The normalized spacial score (nSPS) is 20.7. The van der Waals surface area contributed by atoms with Crippen LogP contribution >= 0.6 is 0 Å². The summed E-state index contributed by atoms with van der Waals surface area (Å²) in [5, 5.41) is 0. The molecule has 14 heavy (non-hydrogen) atoms. The number of carbonyl (C=O) groups excluding carboxylic acids is 1. The first-order valence-electron chi connectivity index (χ1n) is 6.01. The second-order valence-corrected chi connectivity index (χ2v) is 4.60. The van der Waals surface area contributed by atoms with Crippen LogP contribution in [-0.2, 0) is 4.79 Å². The number of ketones is 1. The molecule has 1 rings (SSSR count). The Morgan fingerprint density at radius 3 is 2.43 bits per heavy atom. The first-order valence-corrected chi connectivity index (χ1v) is 6.01. The molecule has 0 unspecified atom stereocenters. The number of carbonyl (C=O) groups is 1. The van der Waals surface area contributed by atoms with Gasteiger partial charge in [-0.05, 0) is 19.3 Å². The van der Waals surface area contributed by atoms with Crippen LogP contribution in [0.15, 0.2) is 0 Å². The SMILES string of the molecule is CCCCCC(=O)C1(N)CCCCC1. The van der Waals surface area contributed by atoms with E-state index in [9.17, 15) is 4.79 Å². The molecule has 2 heteroatoms. The first kappa shape index (κ1) is 11.7. The smallest absolute Gasteiger partial charge is 0.152 e. The van der Waals surface area contributed by atoms with Gasteiger partial charge in [0.15, 0.2) is 5.78 Å². The van der Waals surface area contributed by atoms with Gasteiger partial charge in [0, 0.05) is 6.42 Å². The van der Waals surface area contributed by atoms with Gasteiger partial charge in [0.1, 0.15) is 0 Å². The van der Waals surface area contributed by atoms with E-state index in [0.717, 1.165) is 38.5 Å². The largest absolute Gasteiger partial charge is 0.319 e. The summed E-state index contributed by atoms with van der Waals surface area (Å²) in [6.45, 7) is 2.16. The van der Waals surface area contributed by atoms with Crippen molar-refractivity contribution < 1.29 is 4.79 Å². The molecule has 1 fully saturated rings. The summed E-state index contributed by atoms with van der Waals surface area (Å²) in [5.74, 6) is 0.311. The van der Waals surface area contributed by atoms with E-state index in [-0.39, 0.29) is 0 Å². The molecule has 0 atom stereocenters. The molecule has 1 saturated carbocycles. The highest BCUT2D eigenvalue weighted by molar-refractivity contribution is 5.88. The number of hydrogen-bond acceptors (Lipinski definition) is 2. The van der Waals surface area contributed by atoms with Gasteiger partial charge in [0.2, 0.25) is 0 Å². The Balaban J connectivity index is 2.33. The third-order valence-corrected chi connectivity index (χ3v) is 3.31. The average Bonchev–Trinajstić information content (AvgIpc) is 2.19. The third kappa shape index (κ3) is 3.09. The second kappa shape index (κ2) is 5.50. The molecular weight excluding hydrogens is 174 g/mol. The predicted octanol–water partition coefficient (Wildman–Crippen LogP) is 2.80. The summed E-state index contributed by atoms with van der Waals surface area (Å²) in [6.07, 6.45) is 9.40. The van der Waals surface area contributed by atoms with E-state index < -0.39 is 5.54 Å². The first-order chi connectivity index (χ1) is 6.69. The lowest BCUT2D eigenvalue weighted by atomic mass is 9.78. The van der Waals surface area contributed by atoms with Crippen LogP contribution in [0.5, 0.6) is 0 Å². The van der Waals surface area contributed by atoms with Crippen molar-refractivity contribution in [2.75, 3.05) is 0 Å². The van der Waals surface area contributed by atoms with Gasteiger partial charge in [-0.25, -0.2) is 0 Å². The van der Waals surface area contributed by atoms with Gasteiger partial charge in [-0.3, -0.25) is 4.79 Å². The number of unbranched alkanes of at least 4 members (excludes halogenated alkanes) is 2. The molecule has 2 nitrogen and oxygen atoms in total. The Bertz CT molecular complexity index is 183. The molecule has 0 radical (unpaired) electrons. The molecule has 0 aromatic heterocycles. The Morgan fingerprint density at radius 2 is 1.86 bits per heavy atom. The van der Waals surface area contributed by atoms with Gasteiger partial charge in [-0.15, -0.1) is 0 Å². The molecular formula is C12H23NO. The minimum atomic E-state index is -0.452. The number of hydrogen-bond donors (Lipinski definition) is 1. The van der Waals surface area contributed by atoms with Crippen LogP contribution in [0.3, 0.4) is 0 Å². The fraction of sp³-hybridized carbons (Fsp3) is 0.917. The lowest BCUT2D eigenvalue weighted by Gasteiger charge is -2.31. The third-order valence-electron chi connectivity index (χ3n) is 3.31. The van der Waals surface area contributed by atoms with Crippen molar-refractivity contribution in [3.63, 3.8) is 0 Å². The highest BCUT2D eigenvalue weighted by atomic mass is 16.1. The summed E-state index contributed by atoms with van der Waals surface area (Å²) in [5.41, 5.74) is 5.68. The van der Waals surface area contributed by atoms with E-state index in [1.807, 2.05) is 0 Å². The molecule has 0 amide bonds. The Morgan fingerprint density at radius 1 is 1.21 bits per heavy atom. The molecule has 1 aliphatic carbocycles. The zero-order valence-corrected chi connectivity index (χ0v) is 9.35. The van der Waals surface area contributed by atoms with E-state index in [1.165, 1.54) is 12.8 Å². The van der Waals surface area contributed by atoms with Gasteiger partial charge in [-0.2, -0.15) is 0 Å². The zero-order valence-electron chi connectivity index (χ0n) is 9.35. The van der Waals surface area contributed by atoms with Crippen LogP contribution in [-0.4, -0.2) is 11.3 Å². The van der Waals surface area contributed by atoms with E-state index >= 15 is 0 Å². The Labute approximate surface area is 87.2 Å². The summed E-state index contributed by atoms with van der Waals surface area (Å²) in [4.78, 5) is 11.9. The monoisotopic (exact) mass is 197 g/mol. The topological polar surface area (TPSA) is 43.1 Å². The minimum Gasteiger partial charge on any atom is -0.319 e. The van der Waals surface area contributed by atoms with Crippen LogP contribution in [0.25, 0.3) is 0 Å². The number of Topliss-reactive ketones (excluding diaryl/α,β-unsaturated/α-hetero) is 1. The number of nitrogens with two attached hydrogens (primary N) is 1. The maximum absolute atomic E-state index is 11.9. The van der Waals surface area contributed by atoms with Gasteiger partial charge in [0.25, 0.3) is 0 Å². The molecule has 0 aromatic rings. The second-order valence-electron chi connectivity index (χ2n) is 4.60. The van der Waals surface area contributed by atoms with E-state index in [1.54, 1.807) is 0 Å². The van der Waals surface area contributed by atoms with E-state index in [4.69, 9.17) is 5.73 Å². The summed E-state index contributed by atoms with van der Waals surface area (Å²) in [7, 11) is 0. The molecule has 0 spiro atoms. The fourth-order valence-electron chi connectivity index (χ4n) is 2.25. The van der Waals surface area contributed by atoms with Crippen molar-refractivity contribution in [1.29, 1.82) is 0 Å². The van der Waals surface area contributed by atoms with Gasteiger partial charge < -0.3 is 5.73 Å². The molecule has 0 bridgehead atoms. The van der Waals surface area contributed by atoms with Crippen LogP contribution in [0, 0.1) is 0 Å². The van der Waals surface area contributed by atoms with Gasteiger partial charge >= 0.3 is 0 Å².